The van der Waals surface area contributed by atoms with Crippen LogP contribution in [0.1, 0.15) is 13.8 Å². The van der Waals surface area contributed by atoms with E-state index in [1.807, 2.05) is 13.0 Å². The number of rotatable bonds is 1. The number of hydrogen-bond donors (Lipinski definition) is 2. The lowest BCUT2D eigenvalue weighted by atomic mass is 10.4. The number of aliphatic hydroxyl groups excluding tert-OH is 1. The second-order valence-corrected chi connectivity index (χ2v) is 1.27. The first kappa shape index (κ1) is 10.6. The van der Waals surface area contributed by atoms with Crippen LogP contribution in [0.25, 0.3) is 0 Å². The van der Waals surface area contributed by atoms with E-state index in [0.717, 1.165) is 0 Å². The van der Waals surface area contributed by atoms with Crippen molar-refractivity contribution < 1.29 is 5.11 Å². The van der Waals surface area contributed by atoms with Crippen molar-refractivity contribution in [3.05, 3.63) is 12.2 Å². The molecule has 1 atom stereocenters. The highest BCUT2D eigenvalue weighted by Gasteiger charge is 1.78. The van der Waals surface area contributed by atoms with Crippen molar-refractivity contribution in [1.29, 1.82) is 0 Å². The number of nitrogens with two attached hydrogens (primary N) is 1. The number of hydrogen-bond acceptors (Lipinski definition) is 2. The zero-order valence-electron chi connectivity index (χ0n) is 5.76. The van der Waals surface area contributed by atoms with Gasteiger partial charge in [0.15, 0.2) is 0 Å². The molecule has 0 aliphatic rings. The van der Waals surface area contributed by atoms with Crippen molar-refractivity contribution in [2.24, 2.45) is 5.73 Å². The highest BCUT2D eigenvalue weighted by molar-refractivity contribution is 4.81. The minimum Gasteiger partial charge on any atom is -0.389 e. The first-order valence-corrected chi connectivity index (χ1v) is 2.66. The normalized spacial score (nSPS) is 12.6. The summed E-state index contributed by atoms with van der Waals surface area (Å²) in [4.78, 5) is 0. The fourth-order valence-corrected chi connectivity index (χ4v) is 0.279. The fourth-order valence-electron chi connectivity index (χ4n) is 0.279. The molecule has 0 aliphatic heterocycles. The van der Waals surface area contributed by atoms with Crippen molar-refractivity contribution in [1.82, 2.24) is 0 Å². The van der Waals surface area contributed by atoms with E-state index in [9.17, 15) is 0 Å². The van der Waals surface area contributed by atoms with Crippen molar-refractivity contribution in [3.8, 4) is 0 Å². The van der Waals surface area contributed by atoms with Gasteiger partial charge in [0.25, 0.3) is 0 Å². The molecule has 0 saturated heterocycles. The van der Waals surface area contributed by atoms with E-state index in [4.69, 9.17) is 5.11 Å². The van der Waals surface area contributed by atoms with Gasteiger partial charge in [-0.25, -0.2) is 0 Å². The maximum absolute atomic E-state index is 8.47. The van der Waals surface area contributed by atoms with Gasteiger partial charge in [-0.3, -0.25) is 0 Å². The Morgan fingerprint density at radius 1 is 1.50 bits per heavy atom. The molecule has 0 heterocycles. The second kappa shape index (κ2) is 9.83. The van der Waals surface area contributed by atoms with Gasteiger partial charge < -0.3 is 10.8 Å². The fraction of sp³-hybridized carbons (Fsp3) is 0.667. The van der Waals surface area contributed by atoms with Gasteiger partial charge in [-0.2, -0.15) is 0 Å². The van der Waals surface area contributed by atoms with Gasteiger partial charge in [0.2, 0.25) is 0 Å². The van der Waals surface area contributed by atoms with Crippen LogP contribution in [-0.2, 0) is 0 Å². The Hall–Kier alpha value is -0.340. The molecule has 1 unspecified atom stereocenters. The van der Waals surface area contributed by atoms with Crippen LogP contribution in [0.15, 0.2) is 12.2 Å². The van der Waals surface area contributed by atoms with E-state index in [1.165, 1.54) is 7.05 Å². The molecule has 0 radical (unpaired) electrons. The van der Waals surface area contributed by atoms with E-state index in [1.54, 1.807) is 13.0 Å². The lowest BCUT2D eigenvalue weighted by Gasteiger charge is -1.87. The monoisotopic (exact) mass is 117 g/mol. The molecule has 0 rings (SSSR count). The standard InChI is InChI=1S/C5H10O.CH5N/c1-3-4-5(2)6;1-2/h3-6H,1-2H3;2H2,1H3/b4-3-;. The van der Waals surface area contributed by atoms with E-state index in [0.29, 0.717) is 0 Å². The quantitative estimate of drug-likeness (QED) is 0.492. The van der Waals surface area contributed by atoms with Gasteiger partial charge in [-0.05, 0) is 20.9 Å². The summed E-state index contributed by atoms with van der Waals surface area (Å²) in [5, 5.41) is 8.47. The van der Waals surface area contributed by atoms with Crippen molar-refractivity contribution >= 4 is 0 Å². The SMILES string of the molecule is C/C=C\C(C)O.CN. The van der Waals surface area contributed by atoms with Gasteiger partial charge >= 0.3 is 0 Å². The summed E-state index contributed by atoms with van der Waals surface area (Å²) in [5.41, 5.74) is 4.50. The number of allylic oxidation sites excluding steroid dienone is 1. The topological polar surface area (TPSA) is 46.2 Å². The summed E-state index contributed by atoms with van der Waals surface area (Å²) in [7, 11) is 1.50. The molecule has 0 bridgehead atoms. The van der Waals surface area contributed by atoms with Crippen LogP contribution in [0.2, 0.25) is 0 Å². The lowest BCUT2D eigenvalue weighted by molar-refractivity contribution is 0.244. The largest absolute Gasteiger partial charge is 0.389 e. The van der Waals surface area contributed by atoms with E-state index >= 15 is 0 Å². The van der Waals surface area contributed by atoms with Gasteiger partial charge in [-0.1, -0.05) is 12.2 Å². The highest BCUT2D eigenvalue weighted by Crippen LogP contribution is 1.78. The minimum atomic E-state index is -0.282. The van der Waals surface area contributed by atoms with Crippen LogP contribution >= 0.6 is 0 Å². The molecule has 0 aliphatic carbocycles. The van der Waals surface area contributed by atoms with E-state index in [-0.39, 0.29) is 6.10 Å². The van der Waals surface area contributed by atoms with Crippen molar-refractivity contribution in [2.75, 3.05) is 7.05 Å². The van der Waals surface area contributed by atoms with Crippen LogP contribution in [0.4, 0.5) is 0 Å². The Balaban J connectivity index is 0. The van der Waals surface area contributed by atoms with E-state index < -0.39 is 0 Å². The third-order valence-corrected chi connectivity index (χ3v) is 0.471. The van der Waals surface area contributed by atoms with Crippen LogP contribution in [0, 0.1) is 0 Å². The Labute approximate surface area is 51.0 Å². The molecule has 0 aromatic carbocycles. The first-order chi connectivity index (χ1) is 3.77. The average molecular weight is 117 g/mol. The third-order valence-electron chi connectivity index (χ3n) is 0.471. The summed E-state index contributed by atoms with van der Waals surface area (Å²) >= 11 is 0. The molecule has 0 aromatic heterocycles. The maximum atomic E-state index is 8.47. The van der Waals surface area contributed by atoms with Gasteiger partial charge in [0, 0.05) is 0 Å². The molecular formula is C6H15NO. The molecule has 0 amide bonds. The molecule has 2 nitrogen and oxygen atoms in total. The third kappa shape index (κ3) is 17.4. The van der Waals surface area contributed by atoms with Crippen molar-refractivity contribution in [3.63, 3.8) is 0 Å². The number of aliphatic hydroxyl groups is 1. The van der Waals surface area contributed by atoms with Gasteiger partial charge in [0.05, 0.1) is 6.10 Å². The highest BCUT2D eigenvalue weighted by atomic mass is 16.3. The summed E-state index contributed by atoms with van der Waals surface area (Å²) in [6.07, 6.45) is 3.26. The Kier molecular flexibility index (Phi) is 13.0. The predicted octanol–water partition coefficient (Wildman–Crippen LogP) is 0.518. The maximum Gasteiger partial charge on any atom is 0.0692 e. The van der Waals surface area contributed by atoms with Crippen LogP contribution < -0.4 is 5.73 Å². The van der Waals surface area contributed by atoms with Crippen LogP contribution in [-0.4, -0.2) is 18.3 Å². The smallest absolute Gasteiger partial charge is 0.0692 e. The minimum absolute atomic E-state index is 0.282. The van der Waals surface area contributed by atoms with Crippen molar-refractivity contribution in [2.45, 2.75) is 20.0 Å². The Bertz CT molecular complexity index is 50.5. The summed E-state index contributed by atoms with van der Waals surface area (Å²) in [6.45, 7) is 3.60. The summed E-state index contributed by atoms with van der Waals surface area (Å²) in [5.74, 6) is 0. The van der Waals surface area contributed by atoms with Crippen LogP contribution in [0.3, 0.4) is 0 Å². The Morgan fingerprint density at radius 3 is 1.88 bits per heavy atom. The van der Waals surface area contributed by atoms with Gasteiger partial charge in [0.1, 0.15) is 0 Å². The first-order valence-electron chi connectivity index (χ1n) is 2.66. The summed E-state index contributed by atoms with van der Waals surface area (Å²) < 4.78 is 0. The predicted molar refractivity (Wildman–Crippen MR) is 36.6 cm³/mol. The van der Waals surface area contributed by atoms with Crippen LogP contribution in [0.5, 0.6) is 0 Å². The molecule has 8 heavy (non-hydrogen) atoms. The molecular weight excluding hydrogens is 102 g/mol. The Morgan fingerprint density at radius 2 is 1.88 bits per heavy atom. The molecule has 0 saturated carbocycles. The molecule has 0 aromatic rings. The average Bonchev–Trinajstić information content (AvgIpc) is 1.72. The second-order valence-electron chi connectivity index (χ2n) is 1.27. The summed E-state index contributed by atoms with van der Waals surface area (Å²) in [6, 6.07) is 0. The molecule has 3 N–H and O–H groups in total. The molecule has 0 spiro atoms. The van der Waals surface area contributed by atoms with Gasteiger partial charge in [-0.15, -0.1) is 0 Å². The van der Waals surface area contributed by atoms with E-state index in [2.05, 4.69) is 5.73 Å². The molecule has 50 valence electrons. The molecule has 0 fully saturated rings. The molecule has 2 heteroatoms. The zero-order chi connectivity index (χ0) is 6.99. The lowest BCUT2D eigenvalue weighted by Crippen LogP contribution is -1.89. The zero-order valence-corrected chi connectivity index (χ0v) is 5.76.